The number of aliphatic hydroxyl groups is 3. The van der Waals surface area contributed by atoms with E-state index >= 15 is 0 Å². The summed E-state index contributed by atoms with van der Waals surface area (Å²) in [6.45, 7) is 8.95. The fourth-order valence-electron chi connectivity index (χ4n) is 8.49. The number of carbonyl (C=O) groups is 4. The second-order valence-corrected chi connectivity index (χ2v) is 11.7. The van der Waals surface area contributed by atoms with Crippen molar-refractivity contribution in [1.29, 1.82) is 0 Å². The predicted molar refractivity (Wildman–Crippen MR) is 127 cm³/mol. The smallest absolute Gasteiger partial charge is 0.348 e. The van der Waals surface area contributed by atoms with Gasteiger partial charge in [0.2, 0.25) is 6.10 Å². The van der Waals surface area contributed by atoms with E-state index in [0.29, 0.717) is 11.1 Å². The Balaban J connectivity index is 1.81. The molecule has 6 unspecified atom stereocenters. The lowest BCUT2D eigenvalue weighted by molar-refractivity contribution is -0.352. The lowest BCUT2D eigenvalue weighted by Gasteiger charge is -2.69. The zero-order valence-corrected chi connectivity index (χ0v) is 22.2. The van der Waals surface area contributed by atoms with Crippen molar-refractivity contribution in [2.45, 2.75) is 77.8 Å². The summed E-state index contributed by atoms with van der Waals surface area (Å²) in [6, 6.07) is 0. The van der Waals surface area contributed by atoms with Crippen LogP contribution in [0.3, 0.4) is 0 Å². The van der Waals surface area contributed by atoms with E-state index in [1.165, 1.54) is 6.08 Å². The van der Waals surface area contributed by atoms with Crippen molar-refractivity contribution < 1.29 is 53.4 Å². The van der Waals surface area contributed by atoms with Crippen LogP contribution in [-0.2, 0) is 38.1 Å². The van der Waals surface area contributed by atoms with Gasteiger partial charge in [-0.25, -0.2) is 9.59 Å². The Kier molecular flexibility index (Phi) is 6.00. The van der Waals surface area contributed by atoms with Crippen LogP contribution in [0.4, 0.5) is 0 Å². The molecular formula is C27H34O11. The summed E-state index contributed by atoms with van der Waals surface area (Å²) in [7, 11) is 0. The summed E-state index contributed by atoms with van der Waals surface area (Å²) in [5.74, 6) is -9.01. The minimum Gasteiger partial charge on any atom is -0.455 e. The molecule has 3 N–H and O–H groups in total. The van der Waals surface area contributed by atoms with Gasteiger partial charge in [-0.2, -0.15) is 0 Å². The molecule has 0 aromatic rings. The molecule has 2 saturated carbocycles. The summed E-state index contributed by atoms with van der Waals surface area (Å²) in [6.07, 6.45) is -4.24. The number of esters is 3. The summed E-state index contributed by atoms with van der Waals surface area (Å²) >= 11 is 0. The molecule has 11 nitrogen and oxygen atoms in total. The first kappa shape index (κ1) is 27.0. The van der Waals surface area contributed by atoms with Crippen LogP contribution in [0, 0.1) is 34.5 Å². The van der Waals surface area contributed by atoms with Gasteiger partial charge in [0.25, 0.3) is 0 Å². The number of hydrogen-bond donors (Lipinski definition) is 3. The third kappa shape index (κ3) is 3.10. The van der Waals surface area contributed by atoms with E-state index in [1.807, 2.05) is 0 Å². The average molecular weight is 535 g/mol. The van der Waals surface area contributed by atoms with Crippen LogP contribution in [0.15, 0.2) is 23.3 Å². The van der Waals surface area contributed by atoms with Crippen LogP contribution in [0.2, 0.25) is 0 Å². The molecule has 38 heavy (non-hydrogen) atoms. The van der Waals surface area contributed by atoms with Crippen LogP contribution in [0.1, 0.15) is 41.5 Å². The summed E-state index contributed by atoms with van der Waals surface area (Å²) in [5, 5.41) is 34.8. The van der Waals surface area contributed by atoms with Crippen molar-refractivity contribution in [2.75, 3.05) is 6.61 Å². The number of carbonyl (C=O) groups excluding carboxylic acids is 4. The van der Waals surface area contributed by atoms with Gasteiger partial charge in [-0.3, -0.25) is 9.59 Å². The van der Waals surface area contributed by atoms with Crippen molar-refractivity contribution in [3.8, 4) is 0 Å². The molecule has 3 aliphatic carbocycles. The molecule has 208 valence electrons. The van der Waals surface area contributed by atoms with E-state index in [-0.39, 0.29) is 6.61 Å². The Bertz CT molecular complexity index is 1170. The molecular weight excluding hydrogens is 500 g/mol. The van der Waals surface area contributed by atoms with Crippen molar-refractivity contribution in [3.63, 3.8) is 0 Å². The van der Waals surface area contributed by atoms with E-state index in [1.54, 1.807) is 40.7 Å². The number of ketones is 1. The SMILES string of the molecule is C/C=C(\C)C(=O)O[C@@H]1C2C(C)=CC(=O)[C@@H](O)[C@]2(C)C2C3(O)OCC24C(C(C)[C@H]3O)[C@@H](OC(C)=O)C(=O)O[C@H]14. The molecule has 1 spiro atoms. The molecule has 2 aliphatic heterocycles. The van der Waals surface area contributed by atoms with Gasteiger partial charge in [0, 0.05) is 35.7 Å². The Morgan fingerprint density at radius 3 is 2.45 bits per heavy atom. The number of rotatable bonds is 3. The van der Waals surface area contributed by atoms with Gasteiger partial charge < -0.3 is 34.3 Å². The van der Waals surface area contributed by atoms with Gasteiger partial charge in [-0.05, 0) is 32.8 Å². The molecule has 0 amide bonds. The molecule has 0 aromatic heterocycles. The normalized spacial score (nSPS) is 49.3. The molecule has 2 saturated heterocycles. The van der Waals surface area contributed by atoms with Crippen LogP contribution in [-0.4, -0.2) is 81.9 Å². The van der Waals surface area contributed by atoms with Gasteiger partial charge in [0.15, 0.2) is 11.6 Å². The summed E-state index contributed by atoms with van der Waals surface area (Å²) < 4.78 is 23.3. The highest BCUT2D eigenvalue weighted by molar-refractivity contribution is 5.96. The molecule has 2 heterocycles. The highest BCUT2D eigenvalue weighted by Gasteiger charge is 2.85. The Labute approximate surface area is 219 Å². The Morgan fingerprint density at radius 1 is 1.18 bits per heavy atom. The average Bonchev–Trinajstić information content (AvgIpc) is 3.13. The highest BCUT2D eigenvalue weighted by atomic mass is 16.7. The molecule has 4 fully saturated rings. The highest BCUT2D eigenvalue weighted by Crippen LogP contribution is 2.74. The molecule has 0 aromatic carbocycles. The van der Waals surface area contributed by atoms with Crippen LogP contribution < -0.4 is 0 Å². The van der Waals surface area contributed by atoms with E-state index in [2.05, 4.69) is 0 Å². The summed E-state index contributed by atoms with van der Waals surface area (Å²) in [4.78, 5) is 51.6. The molecule has 5 rings (SSSR count). The Morgan fingerprint density at radius 2 is 1.84 bits per heavy atom. The largest absolute Gasteiger partial charge is 0.455 e. The number of hydrogen-bond acceptors (Lipinski definition) is 11. The standard InChI is InChI=1S/C27H34O11/c1-7-10(2)22(32)37-17-15-11(3)8-14(29)20(31)25(15,6)24-26-9-35-27(24,34)19(30)12(4)16(26)18(36-13(5)28)23(33)38-21(17)26/h7-8,12,15-21,24,30-31,34H,9H2,1-6H3/b10-7+/t12?,15?,16?,17-,18-,19-,20-,21-,24?,25-,26?,27?/m1/s1. The fourth-order valence-corrected chi connectivity index (χ4v) is 8.49. The number of fused-ring (bicyclic) bond motifs is 1. The third-order valence-corrected chi connectivity index (χ3v) is 9.87. The number of aliphatic hydroxyl groups excluding tert-OH is 2. The van der Waals surface area contributed by atoms with Crippen LogP contribution >= 0.6 is 0 Å². The van der Waals surface area contributed by atoms with Crippen molar-refractivity contribution in [3.05, 3.63) is 23.3 Å². The molecule has 5 aliphatic rings. The first-order chi connectivity index (χ1) is 17.7. The van der Waals surface area contributed by atoms with Crippen molar-refractivity contribution in [2.24, 2.45) is 34.5 Å². The second-order valence-electron chi connectivity index (χ2n) is 11.7. The Hall–Kier alpha value is -2.60. The molecule has 12 atom stereocenters. The number of ether oxygens (including phenoxy) is 4. The lowest BCUT2D eigenvalue weighted by Crippen LogP contribution is -2.81. The fraction of sp³-hybridized carbons (Fsp3) is 0.704. The zero-order valence-electron chi connectivity index (χ0n) is 22.2. The first-order valence-electron chi connectivity index (χ1n) is 12.8. The number of allylic oxidation sites excluding steroid dienone is 1. The third-order valence-electron chi connectivity index (χ3n) is 9.87. The van der Waals surface area contributed by atoms with Gasteiger partial charge >= 0.3 is 17.9 Å². The van der Waals surface area contributed by atoms with Gasteiger partial charge in [-0.15, -0.1) is 0 Å². The minimum atomic E-state index is -2.24. The monoisotopic (exact) mass is 534 g/mol. The minimum absolute atomic E-state index is 0.265. The zero-order chi connectivity index (χ0) is 28.1. The van der Waals surface area contributed by atoms with Crippen LogP contribution in [0.5, 0.6) is 0 Å². The van der Waals surface area contributed by atoms with E-state index in [0.717, 1.165) is 6.92 Å². The predicted octanol–water partition coefficient (Wildman–Crippen LogP) is 0.196. The van der Waals surface area contributed by atoms with E-state index in [4.69, 9.17) is 18.9 Å². The van der Waals surface area contributed by atoms with E-state index < -0.39 is 94.5 Å². The maximum atomic E-state index is 13.4. The first-order valence-corrected chi connectivity index (χ1v) is 12.8. The summed E-state index contributed by atoms with van der Waals surface area (Å²) in [5.41, 5.74) is -2.17. The van der Waals surface area contributed by atoms with Crippen molar-refractivity contribution in [1.82, 2.24) is 0 Å². The van der Waals surface area contributed by atoms with E-state index in [9.17, 15) is 34.5 Å². The second kappa shape index (κ2) is 8.45. The topological polar surface area (TPSA) is 166 Å². The lowest BCUT2D eigenvalue weighted by atomic mass is 9.37. The van der Waals surface area contributed by atoms with Gasteiger partial charge in [0.1, 0.15) is 24.4 Å². The van der Waals surface area contributed by atoms with Crippen LogP contribution in [0.25, 0.3) is 0 Å². The quantitative estimate of drug-likeness (QED) is 0.257. The van der Waals surface area contributed by atoms with Gasteiger partial charge in [0.05, 0.1) is 12.0 Å². The molecule has 0 radical (unpaired) electrons. The van der Waals surface area contributed by atoms with Gasteiger partial charge in [-0.1, -0.05) is 25.5 Å². The molecule has 2 bridgehead atoms. The van der Waals surface area contributed by atoms with Crippen molar-refractivity contribution >= 4 is 23.7 Å². The maximum Gasteiger partial charge on any atom is 0.348 e. The molecule has 11 heteroatoms. The maximum absolute atomic E-state index is 13.4.